The smallest absolute Gasteiger partial charge is 0.429 e. The highest BCUT2D eigenvalue weighted by molar-refractivity contribution is 9.11. The number of hydrogen-bond donors (Lipinski definition) is 2. The molecule has 6 nitrogen and oxygen atoms in total. The number of esters is 1. The van der Waals surface area contributed by atoms with Crippen LogP contribution in [0.15, 0.2) is 57.6 Å². The van der Waals surface area contributed by atoms with Crippen LogP contribution in [0.4, 0.5) is 4.79 Å². The van der Waals surface area contributed by atoms with Crippen molar-refractivity contribution in [3.63, 3.8) is 0 Å². The molecule has 0 saturated heterocycles. The van der Waals surface area contributed by atoms with E-state index in [-0.39, 0.29) is 13.0 Å². The first-order chi connectivity index (χ1) is 12.9. The second-order valence-electron chi connectivity index (χ2n) is 5.88. The second-order valence-corrected chi connectivity index (χ2v) is 7.65. The van der Waals surface area contributed by atoms with Crippen LogP contribution < -0.4 is 5.73 Å². The SMILES string of the molecule is NC(Cc1c[nH]c2cc(Br)cc(Br)c12)C(=O)OC(=O)OCc1ccccc1. The largest absolute Gasteiger partial charge is 0.516 e. The van der Waals surface area contributed by atoms with Gasteiger partial charge in [-0.1, -0.05) is 62.2 Å². The van der Waals surface area contributed by atoms with Gasteiger partial charge in [-0.15, -0.1) is 0 Å². The van der Waals surface area contributed by atoms with Crippen molar-refractivity contribution in [2.45, 2.75) is 19.1 Å². The van der Waals surface area contributed by atoms with E-state index in [0.717, 1.165) is 31.0 Å². The lowest BCUT2D eigenvalue weighted by molar-refractivity contribution is -0.141. The van der Waals surface area contributed by atoms with Crippen LogP contribution in [0.3, 0.4) is 0 Å². The van der Waals surface area contributed by atoms with Crippen molar-refractivity contribution in [3.05, 3.63) is 68.7 Å². The van der Waals surface area contributed by atoms with Crippen molar-refractivity contribution in [1.29, 1.82) is 0 Å². The van der Waals surface area contributed by atoms with Gasteiger partial charge in [0.05, 0.1) is 0 Å². The Bertz CT molecular complexity index is 973. The normalized spacial score (nSPS) is 12.0. The van der Waals surface area contributed by atoms with E-state index in [1.807, 2.05) is 30.3 Å². The third kappa shape index (κ3) is 4.97. The molecule has 0 radical (unpaired) electrons. The number of aromatic amines is 1. The molecule has 1 unspecified atom stereocenters. The van der Waals surface area contributed by atoms with Crippen LogP contribution in [0.2, 0.25) is 0 Å². The summed E-state index contributed by atoms with van der Waals surface area (Å²) in [4.78, 5) is 26.9. The van der Waals surface area contributed by atoms with Crippen molar-refractivity contribution < 1.29 is 19.1 Å². The Morgan fingerprint density at radius 1 is 1.15 bits per heavy atom. The molecule has 0 aliphatic heterocycles. The average Bonchev–Trinajstić information content (AvgIpc) is 3.03. The van der Waals surface area contributed by atoms with Gasteiger partial charge in [0.15, 0.2) is 0 Å². The quantitative estimate of drug-likeness (QED) is 0.403. The van der Waals surface area contributed by atoms with Crippen LogP contribution in [0.1, 0.15) is 11.1 Å². The molecule has 0 fully saturated rings. The molecule has 1 aromatic heterocycles. The lowest BCUT2D eigenvalue weighted by Crippen LogP contribution is -2.35. The van der Waals surface area contributed by atoms with Gasteiger partial charge in [0, 0.05) is 32.5 Å². The maximum Gasteiger partial charge on any atom is 0.516 e. The number of aromatic nitrogens is 1. The molecule has 0 aliphatic rings. The van der Waals surface area contributed by atoms with Crippen LogP contribution in [0.5, 0.6) is 0 Å². The van der Waals surface area contributed by atoms with E-state index < -0.39 is 18.2 Å². The summed E-state index contributed by atoms with van der Waals surface area (Å²) in [5.74, 6) is -0.837. The van der Waals surface area contributed by atoms with Gasteiger partial charge >= 0.3 is 12.1 Å². The molecule has 0 bridgehead atoms. The fourth-order valence-electron chi connectivity index (χ4n) is 2.64. The molecule has 140 valence electrons. The number of nitrogens with one attached hydrogen (secondary N) is 1. The molecule has 3 aromatic rings. The minimum atomic E-state index is -1.07. The third-order valence-electron chi connectivity index (χ3n) is 3.90. The molecule has 1 atom stereocenters. The Morgan fingerprint density at radius 3 is 2.63 bits per heavy atom. The van der Waals surface area contributed by atoms with E-state index in [1.165, 1.54) is 0 Å². The highest BCUT2D eigenvalue weighted by Gasteiger charge is 2.22. The number of carbonyl (C=O) groups excluding carboxylic acids is 2. The standard InChI is InChI=1S/C19H16Br2N2O4/c20-13-7-14(21)17-12(9-23-16(17)8-13)6-15(22)18(24)27-19(25)26-10-11-4-2-1-3-5-11/h1-5,7-9,15,23H,6,10,22H2. The first-order valence-electron chi connectivity index (χ1n) is 8.07. The Morgan fingerprint density at radius 2 is 1.89 bits per heavy atom. The van der Waals surface area contributed by atoms with Crippen molar-refractivity contribution in [1.82, 2.24) is 4.98 Å². The monoisotopic (exact) mass is 494 g/mol. The van der Waals surface area contributed by atoms with E-state index >= 15 is 0 Å². The van der Waals surface area contributed by atoms with Gasteiger partial charge in [0.1, 0.15) is 12.6 Å². The first kappa shape index (κ1) is 19.6. The number of ether oxygens (including phenoxy) is 2. The lowest BCUT2D eigenvalue weighted by atomic mass is 10.1. The van der Waals surface area contributed by atoms with Gasteiger partial charge in [-0.3, -0.25) is 0 Å². The molecule has 3 rings (SSSR count). The number of nitrogens with two attached hydrogens (primary N) is 1. The molecule has 2 aromatic carbocycles. The molecule has 0 saturated carbocycles. The second kappa shape index (κ2) is 8.69. The zero-order valence-corrected chi connectivity index (χ0v) is 17.2. The summed E-state index contributed by atoms with van der Waals surface area (Å²) in [6.07, 6.45) is 0.927. The molecule has 0 amide bonds. The van der Waals surface area contributed by atoms with Gasteiger partial charge in [-0.05, 0) is 23.3 Å². The molecule has 1 heterocycles. The zero-order chi connectivity index (χ0) is 19.4. The molecular formula is C19H16Br2N2O4. The summed E-state index contributed by atoms with van der Waals surface area (Å²) in [5, 5.41) is 0.924. The number of hydrogen-bond acceptors (Lipinski definition) is 5. The average molecular weight is 496 g/mol. The molecule has 27 heavy (non-hydrogen) atoms. The predicted octanol–water partition coefficient (Wildman–Crippen LogP) is 4.44. The van der Waals surface area contributed by atoms with E-state index in [0.29, 0.717) is 0 Å². The highest BCUT2D eigenvalue weighted by Crippen LogP contribution is 2.31. The van der Waals surface area contributed by atoms with Crippen LogP contribution in [-0.2, 0) is 27.3 Å². The van der Waals surface area contributed by atoms with Crippen molar-refractivity contribution in [3.8, 4) is 0 Å². The van der Waals surface area contributed by atoms with E-state index in [9.17, 15) is 9.59 Å². The van der Waals surface area contributed by atoms with Gasteiger partial charge in [0.25, 0.3) is 0 Å². The van der Waals surface area contributed by atoms with Crippen molar-refractivity contribution in [2.75, 3.05) is 0 Å². The molecule has 0 spiro atoms. The van der Waals surface area contributed by atoms with Gasteiger partial charge < -0.3 is 20.2 Å². The number of fused-ring (bicyclic) bond motifs is 1. The first-order valence-corrected chi connectivity index (χ1v) is 9.65. The summed E-state index contributed by atoms with van der Waals surface area (Å²) in [6.45, 7) is 0.0203. The maximum atomic E-state index is 12.1. The fraction of sp³-hybridized carbons (Fsp3) is 0.158. The van der Waals surface area contributed by atoms with E-state index in [4.69, 9.17) is 10.5 Å². The summed E-state index contributed by atoms with van der Waals surface area (Å²) < 4.78 is 11.4. The molecule has 8 heteroatoms. The summed E-state index contributed by atoms with van der Waals surface area (Å²) in [6, 6.07) is 11.9. The maximum absolute atomic E-state index is 12.1. The lowest BCUT2D eigenvalue weighted by Gasteiger charge is -2.10. The van der Waals surface area contributed by atoms with Crippen LogP contribution in [-0.4, -0.2) is 23.2 Å². The minimum Gasteiger partial charge on any atom is -0.429 e. The van der Waals surface area contributed by atoms with Gasteiger partial charge in [-0.2, -0.15) is 0 Å². The Balaban J connectivity index is 1.58. The summed E-state index contributed by atoms with van der Waals surface area (Å²) in [7, 11) is 0. The Hall–Kier alpha value is -2.16. The van der Waals surface area contributed by atoms with Crippen molar-refractivity contribution in [2.24, 2.45) is 5.73 Å². The minimum absolute atomic E-state index is 0.0203. The third-order valence-corrected chi connectivity index (χ3v) is 4.99. The Kier molecular flexibility index (Phi) is 6.30. The highest BCUT2D eigenvalue weighted by atomic mass is 79.9. The summed E-state index contributed by atoms with van der Waals surface area (Å²) >= 11 is 6.93. The topological polar surface area (TPSA) is 94.4 Å². The number of carbonyl (C=O) groups is 2. The van der Waals surface area contributed by atoms with Crippen molar-refractivity contribution >= 4 is 54.9 Å². The predicted molar refractivity (Wildman–Crippen MR) is 108 cm³/mol. The number of H-pyrrole nitrogens is 1. The van der Waals surface area contributed by atoms with Crippen LogP contribution in [0.25, 0.3) is 10.9 Å². The molecular weight excluding hydrogens is 480 g/mol. The van der Waals surface area contributed by atoms with E-state index in [1.54, 1.807) is 18.3 Å². The fourth-order valence-corrected chi connectivity index (χ4v) is 4.12. The van der Waals surface area contributed by atoms with E-state index in [2.05, 4.69) is 41.6 Å². The molecule has 3 N–H and O–H groups in total. The number of benzene rings is 2. The van der Waals surface area contributed by atoms with Gasteiger partial charge in [-0.25, -0.2) is 9.59 Å². The molecule has 0 aliphatic carbocycles. The van der Waals surface area contributed by atoms with Crippen LogP contribution in [0, 0.1) is 0 Å². The Labute approximate surface area is 172 Å². The van der Waals surface area contributed by atoms with Crippen LogP contribution >= 0.6 is 31.9 Å². The number of halogens is 2. The zero-order valence-electron chi connectivity index (χ0n) is 14.1. The summed E-state index contributed by atoms with van der Waals surface area (Å²) in [5.41, 5.74) is 8.44. The van der Waals surface area contributed by atoms with Gasteiger partial charge in [0.2, 0.25) is 0 Å². The number of rotatable bonds is 5.